The first kappa shape index (κ1) is 22.2. The van der Waals surface area contributed by atoms with Gasteiger partial charge in [-0.2, -0.15) is 5.10 Å². The highest BCUT2D eigenvalue weighted by molar-refractivity contribution is 7.82. The van der Waals surface area contributed by atoms with E-state index >= 15 is 0 Å². The molecule has 1 unspecified atom stereocenters. The maximum absolute atomic E-state index is 6.80. The van der Waals surface area contributed by atoms with Crippen LogP contribution in [-0.4, -0.2) is 28.7 Å². The highest BCUT2D eigenvalue weighted by Gasteiger charge is 2.34. The number of hydrogen-bond donors (Lipinski definition) is 0. The first-order valence-corrected chi connectivity index (χ1v) is 13.0. The van der Waals surface area contributed by atoms with Crippen molar-refractivity contribution in [3.05, 3.63) is 63.6 Å². The van der Waals surface area contributed by atoms with Crippen LogP contribution in [0.2, 0.25) is 10.0 Å². The molecule has 3 aliphatic rings. The maximum atomic E-state index is 6.80. The minimum Gasteiger partial charge on any atom is -0.361 e. The molecule has 0 aromatic heterocycles. The molecule has 2 aromatic rings. The Hall–Kier alpha value is -1.62. The van der Waals surface area contributed by atoms with Crippen molar-refractivity contribution < 1.29 is 0 Å². The van der Waals surface area contributed by atoms with E-state index in [-0.39, 0.29) is 6.04 Å². The minimum atomic E-state index is 0.0549. The van der Waals surface area contributed by atoms with Crippen LogP contribution < -0.4 is 5.01 Å². The first-order valence-electron chi connectivity index (χ1n) is 11.8. The summed E-state index contributed by atoms with van der Waals surface area (Å²) in [6.07, 6.45) is 9.61. The van der Waals surface area contributed by atoms with E-state index in [9.17, 15) is 0 Å². The van der Waals surface area contributed by atoms with Crippen molar-refractivity contribution in [3.8, 4) is 0 Å². The fourth-order valence-corrected chi connectivity index (χ4v) is 5.53. The second-order valence-corrected chi connectivity index (χ2v) is 10.4. The van der Waals surface area contributed by atoms with E-state index in [2.05, 4.69) is 40.2 Å². The molecule has 2 heterocycles. The van der Waals surface area contributed by atoms with Crippen LogP contribution in [0.25, 0.3) is 0 Å². The van der Waals surface area contributed by atoms with Gasteiger partial charge in [-0.25, -0.2) is 0 Å². The zero-order valence-electron chi connectivity index (χ0n) is 18.3. The lowest BCUT2D eigenvalue weighted by Gasteiger charge is -2.27. The number of hydrogen-bond acceptors (Lipinski definition) is 3. The van der Waals surface area contributed by atoms with Gasteiger partial charge in [-0.05, 0) is 67.0 Å². The highest BCUT2D eigenvalue weighted by Crippen LogP contribution is 2.44. The summed E-state index contributed by atoms with van der Waals surface area (Å²) in [6, 6.07) is 14.6. The smallest absolute Gasteiger partial charge is 0.125 e. The van der Waals surface area contributed by atoms with Gasteiger partial charge in [0.2, 0.25) is 0 Å². The van der Waals surface area contributed by atoms with Crippen molar-refractivity contribution >= 4 is 51.8 Å². The van der Waals surface area contributed by atoms with Crippen molar-refractivity contribution in [3.63, 3.8) is 0 Å². The Labute approximate surface area is 206 Å². The normalized spacial score (nSPS) is 21.8. The van der Waals surface area contributed by atoms with Gasteiger partial charge in [-0.1, -0.05) is 72.9 Å². The number of hydrazone groups is 1. The summed E-state index contributed by atoms with van der Waals surface area (Å²) in [5, 5.41) is 8.64. The molecule has 2 aliphatic heterocycles. The van der Waals surface area contributed by atoms with Gasteiger partial charge in [0, 0.05) is 24.5 Å². The second-order valence-electron chi connectivity index (χ2n) is 9.21. The van der Waals surface area contributed by atoms with Crippen LogP contribution >= 0.6 is 35.4 Å². The molecule has 3 nitrogen and oxygen atoms in total. The summed E-state index contributed by atoms with van der Waals surface area (Å²) in [6.45, 7) is 2.06. The fraction of sp³-hybridized carbons (Fsp3) is 0.462. The first-order chi connectivity index (χ1) is 15.6. The number of thiocarbonyl (C=S) groups is 1. The molecule has 0 bridgehead atoms. The van der Waals surface area contributed by atoms with E-state index in [1.807, 2.05) is 12.1 Å². The Kier molecular flexibility index (Phi) is 6.73. The molecule has 1 saturated carbocycles. The predicted molar refractivity (Wildman–Crippen MR) is 139 cm³/mol. The van der Waals surface area contributed by atoms with Crippen LogP contribution in [0, 0.1) is 0 Å². The Morgan fingerprint density at radius 3 is 2.19 bits per heavy atom. The maximum Gasteiger partial charge on any atom is 0.125 e. The lowest BCUT2D eigenvalue weighted by Crippen LogP contribution is -2.37. The van der Waals surface area contributed by atoms with E-state index in [1.165, 1.54) is 56.1 Å². The molecule has 168 valence electrons. The van der Waals surface area contributed by atoms with Crippen LogP contribution in [0.5, 0.6) is 0 Å². The van der Waals surface area contributed by atoms with Gasteiger partial charge in [0.15, 0.2) is 0 Å². The number of likely N-dealkylation sites (tertiary alicyclic amines) is 1. The van der Waals surface area contributed by atoms with Gasteiger partial charge < -0.3 is 4.90 Å². The number of benzene rings is 2. The van der Waals surface area contributed by atoms with Crippen LogP contribution in [0.3, 0.4) is 0 Å². The number of anilines is 1. The summed E-state index contributed by atoms with van der Waals surface area (Å²) >= 11 is 18.9. The molecule has 1 saturated heterocycles. The third-order valence-electron chi connectivity index (χ3n) is 6.82. The number of rotatable bonds is 4. The number of halogens is 2. The standard InChI is InChI=1S/C26H29Cl2N3S/c27-21-11-8-19(9-12-21)25-17-23(26(32)30-14-4-2-1-3-5-15-30)29-31(25)24-13-10-20(16-22(24)28)18-6-7-18/h8-13,16,18,25H,1-7,14-15,17H2. The van der Waals surface area contributed by atoms with Crippen LogP contribution in [0.1, 0.15) is 74.5 Å². The molecule has 1 atom stereocenters. The summed E-state index contributed by atoms with van der Waals surface area (Å²) in [4.78, 5) is 3.27. The molecular weight excluding hydrogens is 457 g/mol. The Morgan fingerprint density at radius 2 is 1.53 bits per heavy atom. The van der Waals surface area contributed by atoms with Crippen molar-refractivity contribution in [2.45, 2.75) is 63.3 Å². The second kappa shape index (κ2) is 9.70. The zero-order valence-corrected chi connectivity index (χ0v) is 20.6. The van der Waals surface area contributed by atoms with Gasteiger partial charge >= 0.3 is 0 Å². The molecule has 32 heavy (non-hydrogen) atoms. The summed E-state index contributed by atoms with van der Waals surface area (Å²) < 4.78 is 0. The van der Waals surface area contributed by atoms with E-state index in [4.69, 9.17) is 40.5 Å². The largest absolute Gasteiger partial charge is 0.361 e. The van der Waals surface area contributed by atoms with Crippen LogP contribution in [0.15, 0.2) is 47.6 Å². The topological polar surface area (TPSA) is 18.8 Å². The average molecular weight is 487 g/mol. The third-order valence-corrected chi connectivity index (χ3v) is 7.87. The Bertz CT molecular complexity index is 1010. The molecule has 2 fully saturated rings. The summed E-state index contributed by atoms with van der Waals surface area (Å²) in [5.41, 5.74) is 4.44. The molecule has 0 N–H and O–H groups in total. The van der Waals surface area contributed by atoms with Gasteiger partial charge in [0.1, 0.15) is 4.99 Å². The highest BCUT2D eigenvalue weighted by atomic mass is 35.5. The molecule has 1 aliphatic carbocycles. The molecule has 0 amide bonds. The molecule has 5 rings (SSSR count). The van der Waals surface area contributed by atoms with Crippen molar-refractivity contribution in [1.29, 1.82) is 0 Å². The van der Waals surface area contributed by atoms with E-state index in [0.717, 1.165) is 45.9 Å². The summed E-state index contributed by atoms with van der Waals surface area (Å²) in [7, 11) is 0. The minimum absolute atomic E-state index is 0.0549. The molecule has 2 aromatic carbocycles. The Balaban J connectivity index is 1.46. The van der Waals surface area contributed by atoms with Gasteiger partial charge in [-0.15, -0.1) is 0 Å². The molecule has 6 heteroatoms. The SMILES string of the molecule is S=C(C1=NN(c2ccc(C3CC3)cc2Cl)C(c2ccc(Cl)cc2)C1)N1CCCCCCC1. The predicted octanol–water partition coefficient (Wildman–Crippen LogP) is 7.77. The van der Waals surface area contributed by atoms with E-state index in [0.29, 0.717) is 5.92 Å². The van der Waals surface area contributed by atoms with Crippen LogP contribution in [-0.2, 0) is 0 Å². The van der Waals surface area contributed by atoms with Gasteiger partial charge in [0.25, 0.3) is 0 Å². The van der Waals surface area contributed by atoms with Crippen LogP contribution in [0.4, 0.5) is 5.69 Å². The van der Waals surface area contributed by atoms with Gasteiger partial charge in [0.05, 0.1) is 22.5 Å². The fourth-order valence-electron chi connectivity index (χ4n) is 4.82. The summed E-state index contributed by atoms with van der Waals surface area (Å²) in [5.74, 6) is 0.672. The van der Waals surface area contributed by atoms with E-state index < -0.39 is 0 Å². The average Bonchev–Trinajstić information content (AvgIpc) is 3.53. The third kappa shape index (κ3) is 4.83. The zero-order chi connectivity index (χ0) is 22.1. The lowest BCUT2D eigenvalue weighted by atomic mass is 10.0. The monoisotopic (exact) mass is 485 g/mol. The van der Waals surface area contributed by atoms with Crippen molar-refractivity contribution in [1.82, 2.24) is 4.90 Å². The quantitative estimate of drug-likeness (QED) is 0.412. The van der Waals surface area contributed by atoms with Gasteiger partial charge in [-0.3, -0.25) is 5.01 Å². The Morgan fingerprint density at radius 1 is 0.875 bits per heavy atom. The van der Waals surface area contributed by atoms with E-state index in [1.54, 1.807) is 0 Å². The molecule has 0 spiro atoms. The lowest BCUT2D eigenvalue weighted by molar-refractivity contribution is 0.369. The van der Waals surface area contributed by atoms with Crippen molar-refractivity contribution in [2.75, 3.05) is 18.1 Å². The molecular formula is C26H29Cl2N3S. The number of nitrogens with zero attached hydrogens (tertiary/aromatic N) is 3. The van der Waals surface area contributed by atoms with Crippen molar-refractivity contribution in [2.24, 2.45) is 5.10 Å². The molecule has 0 radical (unpaired) electrons.